The predicted octanol–water partition coefficient (Wildman–Crippen LogP) is 3.67. The van der Waals surface area contributed by atoms with Crippen LogP contribution in [0.15, 0.2) is 23.9 Å². The van der Waals surface area contributed by atoms with Gasteiger partial charge in [-0.25, -0.2) is 9.59 Å². The lowest BCUT2D eigenvalue weighted by atomic mass is 10.0. The summed E-state index contributed by atoms with van der Waals surface area (Å²) in [6.45, 7) is 0.915. The van der Waals surface area contributed by atoms with Crippen LogP contribution in [0.3, 0.4) is 0 Å². The summed E-state index contributed by atoms with van der Waals surface area (Å²) in [6, 6.07) is 0.348. The lowest BCUT2D eigenvalue weighted by molar-refractivity contribution is -0.143. The van der Waals surface area contributed by atoms with Gasteiger partial charge in [-0.3, -0.25) is 0 Å². The maximum atomic E-state index is 13.0. The molecule has 144 valence electrons. The minimum atomic E-state index is -5.07. The SMILES string of the molecule is COC(=O)/C=C(/Nc1cc(C(F)(F)F)cc(C(F)(F)F)c1C)C(=O)OC. The molecule has 0 saturated carbocycles. The Morgan fingerprint density at radius 3 is 2.00 bits per heavy atom. The molecule has 0 amide bonds. The fourth-order valence-electron chi connectivity index (χ4n) is 1.88. The van der Waals surface area contributed by atoms with Crippen molar-refractivity contribution in [3.8, 4) is 0 Å². The molecule has 0 aliphatic rings. The van der Waals surface area contributed by atoms with E-state index in [0.29, 0.717) is 12.1 Å². The van der Waals surface area contributed by atoms with Crippen LogP contribution in [-0.2, 0) is 31.4 Å². The van der Waals surface area contributed by atoms with Gasteiger partial charge >= 0.3 is 24.3 Å². The van der Waals surface area contributed by atoms with Gasteiger partial charge in [0.05, 0.1) is 31.4 Å². The number of nitrogens with one attached hydrogen (secondary N) is 1. The molecule has 0 unspecified atom stereocenters. The van der Waals surface area contributed by atoms with Gasteiger partial charge in [-0.2, -0.15) is 26.3 Å². The highest BCUT2D eigenvalue weighted by Crippen LogP contribution is 2.40. The van der Waals surface area contributed by atoms with Crippen molar-refractivity contribution < 1.29 is 45.4 Å². The van der Waals surface area contributed by atoms with Crippen LogP contribution in [0.2, 0.25) is 0 Å². The van der Waals surface area contributed by atoms with Crippen LogP contribution in [0.5, 0.6) is 0 Å². The number of methoxy groups -OCH3 is 2. The number of halogens is 6. The maximum Gasteiger partial charge on any atom is 0.416 e. The number of benzene rings is 1. The molecule has 0 bridgehead atoms. The zero-order valence-corrected chi connectivity index (χ0v) is 13.6. The number of hydrogen-bond acceptors (Lipinski definition) is 5. The lowest BCUT2D eigenvalue weighted by Gasteiger charge is -2.19. The van der Waals surface area contributed by atoms with Gasteiger partial charge in [-0.05, 0) is 24.6 Å². The van der Waals surface area contributed by atoms with Crippen LogP contribution in [0.25, 0.3) is 0 Å². The first-order valence-corrected chi connectivity index (χ1v) is 6.75. The summed E-state index contributed by atoms with van der Waals surface area (Å²) in [6.07, 6.45) is -9.60. The van der Waals surface area contributed by atoms with Crippen LogP contribution in [0.4, 0.5) is 32.0 Å². The van der Waals surface area contributed by atoms with E-state index in [-0.39, 0.29) is 6.07 Å². The van der Waals surface area contributed by atoms with E-state index in [2.05, 4.69) is 14.8 Å². The lowest BCUT2D eigenvalue weighted by Crippen LogP contribution is -2.19. The van der Waals surface area contributed by atoms with Crippen molar-refractivity contribution >= 4 is 17.6 Å². The second-order valence-electron chi connectivity index (χ2n) is 4.89. The summed E-state index contributed by atoms with van der Waals surface area (Å²) in [5.41, 5.74) is -5.11. The summed E-state index contributed by atoms with van der Waals surface area (Å²) in [4.78, 5) is 22.9. The number of carbonyl (C=O) groups is 2. The number of carbonyl (C=O) groups excluding carboxylic acids is 2. The molecule has 26 heavy (non-hydrogen) atoms. The zero-order valence-electron chi connectivity index (χ0n) is 13.6. The van der Waals surface area contributed by atoms with Crippen LogP contribution >= 0.6 is 0 Å². The molecule has 1 N–H and O–H groups in total. The topological polar surface area (TPSA) is 64.6 Å². The van der Waals surface area contributed by atoms with Gasteiger partial charge in [-0.15, -0.1) is 0 Å². The summed E-state index contributed by atoms with van der Waals surface area (Å²) < 4.78 is 86.5. The van der Waals surface area contributed by atoms with Crippen molar-refractivity contribution in [2.45, 2.75) is 19.3 Å². The first-order chi connectivity index (χ1) is 11.8. The van der Waals surface area contributed by atoms with Gasteiger partial charge in [0.15, 0.2) is 0 Å². The highest BCUT2D eigenvalue weighted by Gasteiger charge is 2.38. The van der Waals surface area contributed by atoms with Gasteiger partial charge in [0, 0.05) is 5.69 Å². The second kappa shape index (κ2) is 7.67. The number of esters is 2. The predicted molar refractivity (Wildman–Crippen MR) is 76.9 cm³/mol. The zero-order chi connectivity index (χ0) is 20.3. The molecule has 0 fully saturated rings. The Morgan fingerprint density at radius 2 is 1.58 bits per heavy atom. The van der Waals surface area contributed by atoms with Crippen molar-refractivity contribution in [3.63, 3.8) is 0 Å². The molecule has 5 nitrogen and oxygen atoms in total. The highest BCUT2D eigenvalue weighted by atomic mass is 19.4. The van der Waals surface area contributed by atoms with E-state index in [1.54, 1.807) is 0 Å². The van der Waals surface area contributed by atoms with Gasteiger partial charge in [0.25, 0.3) is 0 Å². The van der Waals surface area contributed by atoms with Crippen LogP contribution in [-0.4, -0.2) is 26.2 Å². The standard InChI is InChI=1S/C15H13F6NO4/c1-7-9(15(19,20)21)4-8(14(16,17)18)5-10(7)22-11(13(24)26-3)6-12(23)25-2/h4-6,22H,1-3H3/b11-6+. The molecular formula is C15H13F6NO4. The molecule has 0 aliphatic carbocycles. The first kappa shape index (κ1) is 21.3. The second-order valence-corrected chi connectivity index (χ2v) is 4.89. The summed E-state index contributed by atoms with van der Waals surface area (Å²) in [7, 11) is 1.88. The van der Waals surface area contributed by atoms with E-state index in [9.17, 15) is 35.9 Å². The quantitative estimate of drug-likeness (QED) is 0.487. The van der Waals surface area contributed by atoms with Gasteiger partial charge in [0.2, 0.25) is 0 Å². The Balaban J connectivity index is 3.57. The Labute approximate surface area is 143 Å². The summed E-state index contributed by atoms with van der Waals surface area (Å²) in [5, 5.41) is 2.07. The molecule has 0 radical (unpaired) electrons. The molecule has 0 heterocycles. The fourth-order valence-corrected chi connectivity index (χ4v) is 1.88. The van der Waals surface area contributed by atoms with E-state index in [0.717, 1.165) is 21.1 Å². The largest absolute Gasteiger partial charge is 0.466 e. The monoisotopic (exact) mass is 385 g/mol. The molecular weight excluding hydrogens is 372 g/mol. The third-order valence-electron chi connectivity index (χ3n) is 3.18. The molecule has 1 aromatic carbocycles. The molecule has 11 heteroatoms. The smallest absolute Gasteiger partial charge is 0.416 e. The van der Waals surface area contributed by atoms with E-state index in [1.807, 2.05) is 0 Å². The Morgan fingerprint density at radius 1 is 1.00 bits per heavy atom. The van der Waals surface area contributed by atoms with Crippen LogP contribution < -0.4 is 5.32 Å². The molecule has 0 spiro atoms. The molecule has 0 saturated heterocycles. The van der Waals surface area contributed by atoms with E-state index >= 15 is 0 Å². The number of anilines is 1. The summed E-state index contributed by atoms with van der Waals surface area (Å²) in [5.74, 6) is -2.26. The normalized spacial score (nSPS) is 12.6. The molecule has 0 atom stereocenters. The number of alkyl halides is 6. The summed E-state index contributed by atoms with van der Waals surface area (Å²) >= 11 is 0. The van der Waals surface area contributed by atoms with Gasteiger partial charge in [-0.1, -0.05) is 0 Å². The third kappa shape index (κ3) is 5.14. The highest BCUT2D eigenvalue weighted by molar-refractivity contribution is 5.98. The Hall–Kier alpha value is -2.72. The third-order valence-corrected chi connectivity index (χ3v) is 3.18. The van der Waals surface area contributed by atoms with E-state index in [1.165, 1.54) is 0 Å². The van der Waals surface area contributed by atoms with Crippen LogP contribution in [0, 0.1) is 6.92 Å². The fraction of sp³-hybridized carbons (Fsp3) is 0.333. The van der Waals surface area contributed by atoms with Crippen LogP contribution in [0.1, 0.15) is 16.7 Å². The van der Waals surface area contributed by atoms with E-state index in [4.69, 9.17) is 0 Å². The first-order valence-electron chi connectivity index (χ1n) is 6.75. The minimum Gasteiger partial charge on any atom is -0.466 e. The number of rotatable bonds is 4. The molecule has 1 aromatic rings. The molecule has 0 aliphatic heterocycles. The Bertz CT molecular complexity index is 737. The van der Waals surface area contributed by atoms with Crippen molar-refractivity contribution in [2.75, 3.05) is 19.5 Å². The van der Waals surface area contributed by atoms with Crippen molar-refractivity contribution in [2.24, 2.45) is 0 Å². The van der Waals surface area contributed by atoms with Gasteiger partial charge < -0.3 is 14.8 Å². The number of hydrogen-bond donors (Lipinski definition) is 1. The minimum absolute atomic E-state index is 0.0393. The Kier molecular flexibility index (Phi) is 6.29. The van der Waals surface area contributed by atoms with Crippen molar-refractivity contribution in [1.29, 1.82) is 0 Å². The van der Waals surface area contributed by atoms with E-state index < -0.39 is 52.4 Å². The molecule has 1 rings (SSSR count). The maximum absolute atomic E-state index is 13.0. The van der Waals surface area contributed by atoms with Gasteiger partial charge in [0.1, 0.15) is 5.70 Å². The number of ether oxygens (including phenoxy) is 2. The average molecular weight is 385 g/mol. The van der Waals surface area contributed by atoms with Crippen molar-refractivity contribution in [1.82, 2.24) is 0 Å². The average Bonchev–Trinajstić information content (AvgIpc) is 2.52. The molecule has 0 aromatic heterocycles. The van der Waals surface area contributed by atoms with Crippen molar-refractivity contribution in [3.05, 3.63) is 40.6 Å².